The molecular formula is C22H24FN3. The van der Waals surface area contributed by atoms with Gasteiger partial charge in [-0.15, -0.1) is 0 Å². The Bertz CT molecular complexity index is 910. The minimum atomic E-state index is -0.220. The zero-order chi connectivity index (χ0) is 18.1. The van der Waals surface area contributed by atoms with Gasteiger partial charge in [0.2, 0.25) is 0 Å². The van der Waals surface area contributed by atoms with Crippen molar-refractivity contribution in [1.82, 2.24) is 9.78 Å². The number of hydrogen-bond acceptors (Lipinski definition) is 2. The monoisotopic (exact) mass is 349 g/mol. The van der Waals surface area contributed by atoms with Gasteiger partial charge in [-0.1, -0.05) is 32.0 Å². The van der Waals surface area contributed by atoms with Gasteiger partial charge in [0.05, 0.1) is 11.4 Å². The molecule has 1 aliphatic heterocycles. The van der Waals surface area contributed by atoms with Crippen molar-refractivity contribution >= 4 is 5.82 Å². The lowest BCUT2D eigenvalue weighted by Gasteiger charge is -2.15. The number of halogens is 1. The zero-order valence-corrected chi connectivity index (χ0v) is 15.3. The number of nitrogens with zero attached hydrogens (tertiary/aromatic N) is 2. The average molecular weight is 349 g/mol. The third-order valence-electron chi connectivity index (χ3n) is 5.03. The molecule has 0 fully saturated rings. The minimum Gasteiger partial charge on any atom is -0.370 e. The van der Waals surface area contributed by atoms with Gasteiger partial charge >= 0.3 is 0 Å². The molecule has 0 saturated carbocycles. The highest BCUT2D eigenvalue weighted by molar-refractivity contribution is 5.71. The van der Waals surface area contributed by atoms with Crippen LogP contribution in [0.15, 0.2) is 48.5 Å². The summed E-state index contributed by atoms with van der Waals surface area (Å²) in [5.74, 6) is 1.27. The molecule has 0 atom stereocenters. The molecule has 0 bridgehead atoms. The summed E-state index contributed by atoms with van der Waals surface area (Å²) in [6, 6.07) is 15.1. The summed E-state index contributed by atoms with van der Waals surface area (Å²) in [4.78, 5) is 0. The molecule has 3 aromatic rings. The van der Waals surface area contributed by atoms with Gasteiger partial charge in [-0.05, 0) is 61.1 Å². The number of rotatable bonds is 3. The molecule has 0 amide bonds. The Morgan fingerprint density at radius 2 is 1.81 bits per heavy atom. The third-order valence-corrected chi connectivity index (χ3v) is 5.03. The van der Waals surface area contributed by atoms with Crippen molar-refractivity contribution in [3.05, 3.63) is 65.5 Å². The number of anilines is 1. The Balaban J connectivity index is 1.92. The molecule has 0 saturated heterocycles. The van der Waals surface area contributed by atoms with E-state index in [1.165, 1.54) is 23.3 Å². The van der Waals surface area contributed by atoms with Crippen LogP contribution in [0.1, 0.15) is 43.7 Å². The Kier molecular flexibility index (Phi) is 4.49. The molecule has 0 radical (unpaired) electrons. The predicted molar refractivity (Wildman–Crippen MR) is 104 cm³/mol. The summed E-state index contributed by atoms with van der Waals surface area (Å²) < 4.78 is 15.4. The smallest absolute Gasteiger partial charge is 0.133 e. The zero-order valence-electron chi connectivity index (χ0n) is 15.3. The Hall–Kier alpha value is -2.62. The maximum atomic E-state index is 13.4. The fourth-order valence-electron chi connectivity index (χ4n) is 3.68. The second-order valence-corrected chi connectivity index (χ2v) is 7.19. The molecule has 0 aliphatic carbocycles. The van der Waals surface area contributed by atoms with Gasteiger partial charge in [0.1, 0.15) is 11.6 Å². The topological polar surface area (TPSA) is 29.9 Å². The predicted octanol–water partition coefficient (Wildman–Crippen LogP) is 5.55. The first-order valence-corrected chi connectivity index (χ1v) is 9.36. The van der Waals surface area contributed by atoms with Crippen molar-refractivity contribution in [3.8, 4) is 16.9 Å². The van der Waals surface area contributed by atoms with Gasteiger partial charge in [0, 0.05) is 17.7 Å². The molecule has 4 rings (SSSR count). The van der Waals surface area contributed by atoms with Gasteiger partial charge in [-0.3, -0.25) is 0 Å². The van der Waals surface area contributed by atoms with Crippen molar-refractivity contribution in [1.29, 1.82) is 0 Å². The fraction of sp³-hybridized carbons (Fsp3) is 0.318. The third kappa shape index (κ3) is 3.00. The molecule has 26 heavy (non-hydrogen) atoms. The fourth-order valence-corrected chi connectivity index (χ4v) is 3.68. The molecule has 134 valence electrons. The van der Waals surface area contributed by atoms with Crippen molar-refractivity contribution in [2.45, 2.75) is 39.0 Å². The molecule has 1 N–H and O–H groups in total. The summed E-state index contributed by atoms with van der Waals surface area (Å²) in [6.45, 7) is 5.36. The van der Waals surface area contributed by atoms with E-state index in [1.807, 2.05) is 12.1 Å². The van der Waals surface area contributed by atoms with E-state index in [9.17, 15) is 4.39 Å². The van der Waals surface area contributed by atoms with Crippen LogP contribution in [-0.4, -0.2) is 16.3 Å². The Labute approximate surface area is 153 Å². The van der Waals surface area contributed by atoms with E-state index >= 15 is 0 Å². The van der Waals surface area contributed by atoms with E-state index < -0.39 is 0 Å². The number of hydrogen-bond donors (Lipinski definition) is 1. The maximum Gasteiger partial charge on any atom is 0.133 e. The lowest BCUT2D eigenvalue weighted by molar-refractivity contribution is 0.628. The van der Waals surface area contributed by atoms with Gasteiger partial charge in [-0.2, -0.15) is 5.10 Å². The molecular weight excluding hydrogens is 325 g/mol. The first-order valence-electron chi connectivity index (χ1n) is 9.36. The first kappa shape index (κ1) is 16.8. The van der Waals surface area contributed by atoms with E-state index in [-0.39, 0.29) is 5.82 Å². The van der Waals surface area contributed by atoms with Crippen molar-refractivity contribution in [2.75, 3.05) is 11.9 Å². The molecule has 0 spiro atoms. The lowest BCUT2D eigenvalue weighted by Crippen LogP contribution is -2.09. The Morgan fingerprint density at radius 1 is 1.04 bits per heavy atom. The van der Waals surface area contributed by atoms with Crippen LogP contribution in [0, 0.1) is 5.82 Å². The number of nitrogens with one attached hydrogen (secondary N) is 1. The van der Waals surface area contributed by atoms with Crippen LogP contribution in [0.5, 0.6) is 0 Å². The largest absolute Gasteiger partial charge is 0.370 e. The highest BCUT2D eigenvalue weighted by atomic mass is 19.1. The summed E-state index contributed by atoms with van der Waals surface area (Å²) >= 11 is 0. The molecule has 3 nitrogen and oxygen atoms in total. The minimum absolute atomic E-state index is 0.220. The van der Waals surface area contributed by atoms with Crippen LogP contribution in [0.4, 0.5) is 10.2 Å². The van der Waals surface area contributed by atoms with Crippen molar-refractivity contribution in [3.63, 3.8) is 0 Å². The number of fused-ring (bicyclic) bond motifs is 1. The number of para-hydroxylation sites is 1. The quantitative estimate of drug-likeness (QED) is 0.672. The van der Waals surface area contributed by atoms with E-state index in [4.69, 9.17) is 5.10 Å². The molecule has 1 aromatic heterocycles. The van der Waals surface area contributed by atoms with Crippen LogP contribution < -0.4 is 5.32 Å². The first-order chi connectivity index (χ1) is 12.6. The highest BCUT2D eigenvalue weighted by Gasteiger charge is 2.23. The van der Waals surface area contributed by atoms with Gasteiger partial charge in [-0.25, -0.2) is 9.07 Å². The summed E-state index contributed by atoms with van der Waals surface area (Å²) in [6.07, 6.45) is 3.26. The van der Waals surface area contributed by atoms with E-state index in [1.54, 1.807) is 0 Å². The summed E-state index contributed by atoms with van der Waals surface area (Å²) in [7, 11) is 0. The molecule has 1 aliphatic rings. The second-order valence-electron chi connectivity index (χ2n) is 7.19. The molecule has 2 aromatic carbocycles. The maximum absolute atomic E-state index is 13.4. The normalized spacial score (nSPS) is 14.0. The van der Waals surface area contributed by atoms with Gasteiger partial charge in [0.25, 0.3) is 0 Å². The highest BCUT2D eigenvalue weighted by Crippen LogP contribution is 2.35. The van der Waals surface area contributed by atoms with Gasteiger partial charge in [0.15, 0.2) is 0 Å². The summed E-state index contributed by atoms with van der Waals surface area (Å²) in [5.41, 5.74) is 5.53. The molecule has 0 unspecified atom stereocenters. The second kappa shape index (κ2) is 6.94. The Morgan fingerprint density at radius 3 is 2.58 bits per heavy atom. The van der Waals surface area contributed by atoms with Crippen molar-refractivity contribution < 1.29 is 4.39 Å². The van der Waals surface area contributed by atoms with Crippen LogP contribution >= 0.6 is 0 Å². The summed E-state index contributed by atoms with van der Waals surface area (Å²) in [5, 5.41) is 8.56. The SMILES string of the molecule is CC(C)c1ccccc1-n1nc(-c2ccc(F)cc2)c2c1NCCCC2. The molecule has 2 heterocycles. The average Bonchev–Trinajstić information content (AvgIpc) is 2.84. The lowest BCUT2D eigenvalue weighted by atomic mass is 10.0. The van der Waals surface area contributed by atoms with Crippen LogP contribution in [0.25, 0.3) is 16.9 Å². The number of aromatic nitrogens is 2. The van der Waals surface area contributed by atoms with Gasteiger partial charge < -0.3 is 5.32 Å². The van der Waals surface area contributed by atoms with Crippen LogP contribution in [0.3, 0.4) is 0 Å². The molecule has 4 heteroatoms. The standard InChI is InChI=1S/C22H24FN3/c1-15(2)18-7-3-4-9-20(18)26-22-19(8-5-6-14-24-22)21(25-26)16-10-12-17(23)13-11-16/h3-4,7,9-13,15,24H,5-6,8,14H2,1-2H3. The van der Waals surface area contributed by atoms with Crippen molar-refractivity contribution in [2.24, 2.45) is 0 Å². The number of benzene rings is 2. The van der Waals surface area contributed by atoms with Crippen LogP contribution in [0.2, 0.25) is 0 Å². The van der Waals surface area contributed by atoms with Crippen LogP contribution in [-0.2, 0) is 6.42 Å². The van der Waals surface area contributed by atoms with E-state index in [0.717, 1.165) is 48.6 Å². The van der Waals surface area contributed by atoms with E-state index in [0.29, 0.717) is 5.92 Å². The van der Waals surface area contributed by atoms with E-state index in [2.05, 4.69) is 48.1 Å².